The van der Waals surface area contributed by atoms with Crippen LogP contribution in [0.1, 0.15) is 75.8 Å². The molecule has 2 heterocycles. The van der Waals surface area contributed by atoms with Crippen LogP contribution in [-0.4, -0.2) is 35.8 Å². The van der Waals surface area contributed by atoms with Crippen molar-refractivity contribution >= 4 is 0 Å². The molecule has 2 bridgehead atoms. The maximum Gasteiger partial charge on any atom is 0.126 e. The van der Waals surface area contributed by atoms with Gasteiger partial charge in [0.05, 0.1) is 31.6 Å². The summed E-state index contributed by atoms with van der Waals surface area (Å²) >= 11 is 0. The van der Waals surface area contributed by atoms with Gasteiger partial charge in [-0.1, -0.05) is 99.7 Å². The molecule has 4 rings (SSSR count). The SMILES string of the molecule is CCCCCCCCC[N+]12CCC(C(O)(c3ccccc3)c3ccccc3)(CC1)C2.[Br-]. The molecule has 1 N–H and O–H groups in total. The average Bonchev–Trinajstić information content (AvgIpc) is 3.37. The van der Waals surface area contributed by atoms with Gasteiger partial charge in [0.25, 0.3) is 0 Å². The van der Waals surface area contributed by atoms with Crippen LogP contribution in [0.3, 0.4) is 0 Å². The summed E-state index contributed by atoms with van der Waals surface area (Å²) in [5.41, 5.74) is 1.19. The molecule has 2 aliphatic heterocycles. The highest BCUT2D eigenvalue weighted by Crippen LogP contribution is 2.58. The van der Waals surface area contributed by atoms with Crippen molar-refractivity contribution in [2.24, 2.45) is 5.41 Å². The molecule has 0 amide bonds. The molecule has 2 saturated heterocycles. The van der Waals surface area contributed by atoms with Gasteiger partial charge < -0.3 is 26.6 Å². The zero-order valence-electron chi connectivity index (χ0n) is 19.2. The fourth-order valence-corrected chi connectivity index (χ4v) is 6.42. The Labute approximate surface area is 200 Å². The minimum absolute atomic E-state index is 0. The fraction of sp³-hybridized carbons (Fsp3) is 0.571. The number of rotatable bonds is 11. The van der Waals surface area contributed by atoms with E-state index < -0.39 is 5.60 Å². The highest BCUT2D eigenvalue weighted by atomic mass is 79.9. The molecule has 0 atom stereocenters. The quantitative estimate of drug-likeness (QED) is 0.382. The second kappa shape index (κ2) is 10.6. The summed E-state index contributed by atoms with van der Waals surface area (Å²) in [5, 5.41) is 12.4. The van der Waals surface area contributed by atoms with Crippen molar-refractivity contribution in [2.45, 2.75) is 70.3 Å². The molecule has 0 radical (unpaired) electrons. The molecule has 2 aromatic carbocycles. The van der Waals surface area contributed by atoms with Crippen LogP contribution in [0.15, 0.2) is 60.7 Å². The fourth-order valence-electron chi connectivity index (χ4n) is 6.42. The van der Waals surface area contributed by atoms with Gasteiger partial charge in [-0.25, -0.2) is 0 Å². The second-order valence-electron chi connectivity index (χ2n) is 10.0. The smallest absolute Gasteiger partial charge is 0.126 e. The van der Waals surface area contributed by atoms with E-state index in [1.54, 1.807) is 0 Å². The molecule has 0 saturated carbocycles. The van der Waals surface area contributed by atoms with E-state index in [0.29, 0.717) is 0 Å². The van der Waals surface area contributed by atoms with Crippen LogP contribution in [0.2, 0.25) is 0 Å². The highest BCUT2D eigenvalue weighted by Gasteiger charge is 2.65. The summed E-state index contributed by atoms with van der Waals surface area (Å²) in [6, 6.07) is 20.9. The van der Waals surface area contributed by atoms with Crippen molar-refractivity contribution in [2.75, 3.05) is 26.2 Å². The zero-order valence-corrected chi connectivity index (χ0v) is 20.8. The van der Waals surface area contributed by atoms with Crippen molar-refractivity contribution in [3.8, 4) is 0 Å². The van der Waals surface area contributed by atoms with Gasteiger partial charge in [0, 0.05) is 12.8 Å². The van der Waals surface area contributed by atoms with Crippen LogP contribution in [0.4, 0.5) is 0 Å². The van der Waals surface area contributed by atoms with Crippen LogP contribution < -0.4 is 17.0 Å². The van der Waals surface area contributed by atoms with Crippen molar-refractivity contribution in [1.82, 2.24) is 0 Å². The topological polar surface area (TPSA) is 20.2 Å². The number of quaternary nitrogens is 1. The van der Waals surface area contributed by atoms with Crippen molar-refractivity contribution in [1.29, 1.82) is 0 Å². The predicted octanol–water partition coefficient (Wildman–Crippen LogP) is 3.29. The first kappa shape index (κ1) is 24.5. The molecule has 2 aromatic rings. The Hall–Kier alpha value is -1.16. The van der Waals surface area contributed by atoms with Crippen LogP contribution in [-0.2, 0) is 5.60 Å². The highest BCUT2D eigenvalue weighted by molar-refractivity contribution is 5.39. The number of aliphatic hydroxyl groups is 1. The van der Waals surface area contributed by atoms with E-state index >= 15 is 0 Å². The third-order valence-electron chi connectivity index (χ3n) is 8.15. The van der Waals surface area contributed by atoms with Gasteiger partial charge in [0.2, 0.25) is 0 Å². The minimum atomic E-state index is -0.897. The molecule has 0 spiro atoms. The summed E-state index contributed by atoms with van der Waals surface area (Å²) in [4.78, 5) is 0. The lowest BCUT2D eigenvalue weighted by molar-refractivity contribution is -0.909. The zero-order chi connectivity index (χ0) is 20.9. The van der Waals surface area contributed by atoms with Gasteiger partial charge in [0.1, 0.15) is 5.60 Å². The molecule has 31 heavy (non-hydrogen) atoms. The maximum atomic E-state index is 12.4. The molecular weight excluding hydrogens is 446 g/mol. The van der Waals surface area contributed by atoms with Crippen LogP contribution >= 0.6 is 0 Å². The van der Waals surface area contributed by atoms with Gasteiger partial charge >= 0.3 is 0 Å². The Morgan fingerprint density at radius 3 is 1.77 bits per heavy atom. The van der Waals surface area contributed by atoms with E-state index in [1.165, 1.54) is 69.1 Å². The third kappa shape index (κ3) is 4.79. The number of fused-ring (bicyclic) bond motifs is 2. The Morgan fingerprint density at radius 1 is 0.774 bits per heavy atom. The van der Waals surface area contributed by atoms with Gasteiger partial charge in [-0.2, -0.15) is 0 Å². The van der Waals surface area contributed by atoms with E-state index in [-0.39, 0.29) is 22.4 Å². The summed E-state index contributed by atoms with van der Waals surface area (Å²) in [7, 11) is 0. The standard InChI is InChI=1S/C28H40NO.BrH/c1-2-3-4-5-6-7-14-21-29-22-19-27(24-29,20-23-29)28(30,25-15-10-8-11-16-25)26-17-12-9-13-18-26;/h8-13,15-18,30H,2-7,14,19-24H2,1H3;1H/q+1;/p-1. The lowest BCUT2D eigenvalue weighted by Gasteiger charge is -2.42. The van der Waals surface area contributed by atoms with Gasteiger partial charge in [-0.15, -0.1) is 0 Å². The first-order chi connectivity index (χ1) is 14.6. The molecule has 2 aliphatic rings. The van der Waals surface area contributed by atoms with E-state index in [4.69, 9.17) is 0 Å². The van der Waals surface area contributed by atoms with Crippen molar-refractivity contribution < 1.29 is 26.6 Å². The largest absolute Gasteiger partial charge is 1.00 e. The monoisotopic (exact) mass is 485 g/mol. The molecule has 170 valence electrons. The normalized spacial score (nSPS) is 24.8. The number of halogens is 1. The Balaban J connectivity index is 0.00000272. The number of piperidine rings is 1. The predicted molar refractivity (Wildman–Crippen MR) is 125 cm³/mol. The van der Waals surface area contributed by atoms with Crippen LogP contribution in [0, 0.1) is 5.41 Å². The van der Waals surface area contributed by atoms with Crippen molar-refractivity contribution in [3.05, 3.63) is 71.8 Å². The Bertz CT molecular complexity index is 744. The average molecular weight is 487 g/mol. The molecule has 2 fully saturated rings. The summed E-state index contributed by atoms with van der Waals surface area (Å²) in [6.45, 7) is 7.18. The molecule has 0 unspecified atom stereocenters. The van der Waals surface area contributed by atoms with E-state index in [9.17, 15) is 5.11 Å². The number of benzene rings is 2. The van der Waals surface area contributed by atoms with Crippen LogP contribution in [0.25, 0.3) is 0 Å². The lowest BCUT2D eigenvalue weighted by Crippen LogP contribution is -3.00. The maximum absolute atomic E-state index is 12.4. The van der Waals surface area contributed by atoms with E-state index in [2.05, 4.69) is 67.6 Å². The first-order valence-electron chi connectivity index (χ1n) is 12.3. The molecule has 2 nitrogen and oxygen atoms in total. The molecule has 0 aromatic heterocycles. The summed E-state index contributed by atoms with van der Waals surface area (Å²) < 4.78 is 1.23. The number of hydrogen-bond acceptors (Lipinski definition) is 1. The number of unbranched alkanes of at least 4 members (excludes halogenated alkanes) is 6. The summed E-state index contributed by atoms with van der Waals surface area (Å²) in [5.74, 6) is 0. The molecule has 0 aliphatic carbocycles. The van der Waals surface area contributed by atoms with Crippen molar-refractivity contribution in [3.63, 3.8) is 0 Å². The molecule has 3 heteroatoms. The Morgan fingerprint density at radius 2 is 1.26 bits per heavy atom. The minimum Gasteiger partial charge on any atom is -1.00 e. The van der Waals surface area contributed by atoms with Gasteiger partial charge in [-0.3, -0.25) is 0 Å². The lowest BCUT2D eigenvalue weighted by atomic mass is 9.63. The van der Waals surface area contributed by atoms with Crippen LogP contribution in [0.5, 0.6) is 0 Å². The summed E-state index contributed by atoms with van der Waals surface area (Å²) in [6.07, 6.45) is 11.9. The second-order valence-corrected chi connectivity index (χ2v) is 10.0. The molecular formula is C28H40BrNO. The first-order valence-corrected chi connectivity index (χ1v) is 12.3. The van der Waals surface area contributed by atoms with Gasteiger partial charge in [0.15, 0.2) is 0 Å². The third-order valence-corrected chi connectivity index (χ3v) is 8.15. The van der Waals surface area contributed by atoms with Gasteiger partial charge in [-0.05, 0) is 24.0 Å². The number of hydrogen-bond donors (Lipinski definition) is 1. The Kier molecular flexibility index (Phi) is 8.40. The number of nitrogens with zero attached hydrogens (tertiary/aromatic N) is 1. The van der Waals surface area contributed by atoms with E-state index in [0.717, 1.165) is 30.5 Å². The van der Waals surface area contributed by atoms with E-state index in [1.807, 2.05) is 0 Å².